The Bertz CT molecular complexity index is 53.0. The van der Waals surface area contributed by atoms with Crippen molar-refractivity contribution in [2.75, 3.05) is 34.4 Å². The summed E-state index contributed by atoms with van der Waals surface area (Å²) in [6.07, 6.45) is 0.181. The Kier molecular flexibility index (Phi) is 5.93. The van der Waals surface area contributed by atoms with Gasteiger partial charge in [0.2, 0.25) is 0 Å². The summed E-state index contributed by atoms with van der Waals surface area (Å²) < 4.78 is 9.93. The summed E-state index contributed by atoms with van der Waals surface area (Å²) in [5.74, 6) is 0. The fourth-order valence-corrected chi connectivity index (χ4v) is 0.624. The predicted octanol–water partition coefficient (Wildman–Crippen LogP) is -0.133. The Morgan fingerprint density at radius 3 is 2.44 bits per heavy atom. The molecule has 0 aromatic rings. The van der Waals surface area contributed by atoms with Gasteiger partial charge in [0.05, 0.1) is 12.7 Å². The molecule has 0 aliphatic heterocycles. The average molecular weight is 133 g/mol. The minimum absolute atomic E-state index is 0.181. The molecule has 0 bridgehead atoms. The molecule has 0 heterocycles. The fraction of sp³-hybridized carbons (Fsp3) is 1.00. The van der Waals surface area contributed by atoms with E-state index >= 15 is 0 Å². The van der Waals surface area contributed by atoms with Crippen molar-refractivity contribution in [2.45, 2.75) is 6.10 Å². The summed E-state index contributed by atoms with van der Waals surface area (Å²) in [5.41, 5.74) is 0. The topological polar surface area (TPSA) is 30.5 Å². The number of methoxy groups -OCH3 is 2. The van der Waals surface area contributed by atoms with E-state index in [1.807, 2.05) is 7.05 Å². The van der Waals surface area contributed by atoms with E-state index in [1.165, 1.54) is 0 Å². The maximum absolute atomic E-state index is 5.04. The smallest absolute Gasteiger partial charge is 0.0928 e. The summed E-state index contributed by atoms with van der Waals surface area (Å²) in [7, 11) is 5.24. The number of rotatable bonds is 5. The zero-order chi connectivity index (χ0) is 7.11. The summed E-state index contributed by atoms with van der Waals surface area (Å²) in [4.78, 5) is 0. The van der Waals surface area contributed by atoms with Crippen molar-refractivity contribution >= 4 is 0 Å². The van der Waals surface area contributed by atoms with Gasteiger partial charge in [-0.2, -0.15) is 0 Å². The van der Waals surface area contributed by atoms with Crippen LogP contribution in [0.2, 0.25) is 0 Å². The first-order valence-corrected chi connectivity index (χ1v) is 3.01. The molecular weight excluding hydrogens is 118 g/mol. The van der Waals surface area contributed by atoms with E-state index in [0.29, 0.717) is 6.61 Å². The maximum atomic E-state index is 5.04. The Labute approximate surface area is 56.3 Å². The second-order valence-electron chi connectivity index (χ2n) is 1.87. The van der Waals surface area contributed by atoms with Crippen molar-refractivity contribution in [3.05, 3.63) is 0 Å². The van der Waals surface area contributed by atoms with E-state index in [0.717, 1.165) is 6.54 Å². The molecule has 0 aliphatic rings. The summed E-state index contributed by atoms with van der Waals surface area (Å²) in [6.45, 7) is 1.49. The molecule has 0 spiro atoms. The molecule has 3 nitrogen and oxygen atoms in total. The van der Waals surface area contributed by atoms with Gasteiger partial charge in [-0.1, -0.05) is 0 Å². The molecule has 1 unspecified atom stereocenters. The molecule has 3 heteroatoms. The van der Waals surface area contributed by atoms with Gasteiger partial charge in [-0.05, 0) is 7.05 Å². The zero-order valence-electron chi connectivity index (χ0n) is 6.31. The highest BCUT2D eigenvalue weighted by Gasteiger charge is 2.02. The minimum atomic E-state index is 0.181. The molecule has 0 fully saturated rings. The molecule has 0 aliphatic carbocycles. The van der Waals surface area contributed by atoms with Crippen molar-refractivity contribution in [1.29, 1.82) is 0 Å². The molecule has 0 aromatic carbocycles. The largest absolute Gasteiger partial charge is 0.382 e. The highest BCUT2D eigenvalue weighted by atomic mass is 16.5. The highest BCUT2D eigenvalue weighted by molar-refractivity contribution is 4.56. The molecule has 1 N–H and O–H groups in total. The molecule has 1 atom stereocenters. The summed E-state index contributed by atoms with van der Waals surface area (Å²) in [6, 6.07) is 0. The van der Waals surface area contributed by atoms with Crippen molar-refractivity contribution in [3.63, 3.8) is 0 Å². The van der Waals surface area contributed by atoms with Gasteiger partial charge in [-0.25, -0.2) is 0 Å². The van der Waals surface area contributed by atoms with Crippen LogP contribution in [0.3, 0.4) is 0 Å². The first-order chi connectivity index (χ1) is 4.35. The second kappa shape index (κ2) is 6.01. The number of hydrogen-bond donors (Lipinski definition) is 1. The lowest BCUT2D eigenvalue weighted by atomic mass is 10.4. The molecule has 0 radical (unpaired) electrons. The van der Waals surface area contributed by atoms with Crippen LogP contribution in [0, 0.1) is 0 Å². The normalized spacial score (nSPS) is 13.7. The van der Waals surface area contributed by atoms with Crippen LogP contribution in [-0.2, 0) is 9.47 Å². The van der Waals surface area contributed by atoms with Crippen LogP contribution in [0.5, 0.6) is 0 Å². The number of nitrogens with one attached hydrogen (secondary N) is 1. The molecular formula is C6H15NO2. The Morgan fingerprint density at radius 2 is 2.11 bits per heavy atom. The minimum Gasteiger partial charge on any atom is -0.382 e. The van der Waals surface area contributed by atoms with Gasteiger partial charge < -0.3 is 14.8 Å². The number of likely N-dealkylation sites (N-methyl/N-ethyl adjacent to an activating group) is 1. The number of hydrogen-bond acceptors (Lipinski definition) is 3. The Hall–Kier alpha value is -0.120. The highest BCUT2D eigenvalue weighted by Crippen LogP contribution is 1.86. The molecule has 0 amide bonds. The molecule has 0 saturated heterocycles. The molecule has 0 aromatic heterocycles. The van der Waals surface area contributed by atoms with Crippen LogP contribution in [0.15, 0.2) is 0 Å². The Balaban J connectivity index is 3.18. The van der Waals surface area contributed by atoms with E-state index in [9.17, 15) is 0 Å². The lowest BCUT2D eigenvalue weighted by Gasteiger charge is -2.12. The maximum Gasteiger partial charge on any atom is 0.0928 e. The lowest BCUT2D eigenvalue weighted by Crippen LogP contribution is -2.29. The summed E-state index contributed by atoms with van der Waals surface area (Å²) in [5, 5.41) is 3.00. The van der Waals surface area contributed by atoms with E-state index < -0.39 is 0 Å². The molecule has 56 valence electrons. The third-order valence-corrected chi connectivity index (χ3v) is 1.12. The van der Waals surface area contributed by atoms with Crippen LogP contribution in [0.25, 0.3) is 0 Å². The van der Waals surface area contributed by atoms with Gasteiger partial charge in [0.15, 0.2) is 0 Å². The van der Waals surface area contributed by atoms with E-state index in [2.05, 4.69) is 5.32 Å². The zero-order valence-corrected chi connectivity index (χ0v) is 6.31. The van der Waals surface area contributed by atoms with Gasteiger partial charge in [-0.3, -0.25) is 0 Å². The number of ether oxygens (including phenoxy) is 2. The van der Waals surface area contributed by atoms with Gasteiger partial charge in [-0.15, -0.1) is 0 Å². The van der Waals surface area contributed by atoms with Crippen molar-refractivity contribution in [3.8, 4) is 0 Å². The standard InChI is InChI=1S/C6H15NO2/c1-7-4-6(9-3)5-8-2/h6-7H,4-5H2,1-3H3. The van der Waals surface area contributed by atoms with Gasteiger partial charge >= 0.3 is 0 Å². The molecule has 9 heavy (non-hydrogen) atoms. The van der Waals surface area contributed by atoms with Gasteiger partial charge in [0.25, 0.3) is 0 Å². The van der Waals surface area contributed by atoms with E-state index in [1.54, 1.807) is 14.2 Å². The van der Waals surface area contributed by atoms with Crippen molar-refractivity contribution in [1.82, 2.24) is 5.32 Å². The van der Waals surface area contributed by atoms with Gasteiger partial charge in [0.1, 0.15) is 0 Å². The van der Waals surface area contributed by atoms with Crippen LogP contribution < -0.4 is 5.32 Å². The van der Waals surface area contributed by atoms with Crippen molar-refractivity contribution in [2.24, 2.45) is 0 Å². The fourth-order valence-electron chi connectivity index (χ4n) is 0.624. The Morgan fingerprint density at radius 1 is 1.44 bits per heavy atom. The first kappa shape index (κ1) is 8.88. The van der Waals surface area contributed by atoms with Crippen LogP contribution in [0.1, 0.15) is 0 Å². The van der Waals surface area contributed by atoms with E-state index in [-0.39, 0.29) is 6.10 Å². The third-order valence-electron chi connectivity index (χ3n) is 1.12. The summed E-state index contributed by atoms with van der Waals surface area (Å²) >= 11 is 0. The van der Waals surface area contributed by atoms with Gasteiger partial charge in [0, 0.05) is 20.8 Å². The third kappa shape index (κ3) is 4.39. The quantitative estimate of drug-likeness (QED) is 0.566. The SMILES string of the molecule is CNCC(COC)OC. The van der Waals surface area contributed by atoms with E-state index in [4.69, 9.17) is 9.47 Å². The predicted molar refractivity (Wildman–Crippen MR) is 36.6 cm³/mol. The van der Waals surface area contributed by atoms with Crippen LogP contribution in [-0.4, -0.2) is 40.5 Å². The first-order valence-electron chi connectivity index (χ1n) is 3.01. The molecule has 0 saturated carbocycles. The molecule has 0 rings (SSSR count). The lowest BCUT2D eigenvalue weighted by molar-refractivity contribution is 0.0300. The monoisotopic (exact) mass is 133 g/mol. The van der Waals surface area contributed by atoms with Crippen LogP contribution in [0.4, 0.5) is 0 Å². The van der Waals surface area contributed by atoms with Crippen molar-refractivity contribution < 1.29 is 9.47 Å². The second-order valence-corrected chi connectivity index (χ2v) is 1.87. The van der Waals surface area contributed by atoms with Crippen LogP contribution >= 0.6 is 0 Å². The average Bonchev–Trinajstić information content (AvgIpc) is 1.88.